The van der Waals surface area contributed by atoms with Gasteiger partial charge in [0.25, 0.3) is 0 Å². The Hall–Kier alpha value is -0.160. The van der Waals surface area contributed by atoms with Crippen LogP contribution >= 0.6 is 0 Å². The number of methoxy groups -OCH3 is 1. The number of rotatable bonds is 1. The van der Waals surface area contributed by atoms with Crippen LogP contribution in [0.15, 0.2) is 0 Å². The molecule has 2 bridgehead atoms. The molecular weight excluding hydrogens is 160 g/mol. The van der Waals surface area contributed by atoms with E-state index in [2.05, 4.69) is 0 Å². The Kier molecular flexibility index (Phi) is 2.08. The molecule has 12 heavy (non-hydrogen) atoms. The second-order valence-corrected chi connectivity index (χ2v) is 3.39. The summed E-state index contributed by atoms with van der Waals surface area (Å²) in [5, 5.41) is 9.48. The second-order valence-electron chi connectivity index (χ2n) is 3.39. The van der Waals surface area contributed by atoms with Crippen molar-refractivity contribution in [3.05, 3.63) is 0 Å². The molecule has 0 amide bonds. The zero-order valence-corrected chi connectivity index (χ0v) is 7.27. The topological polar surface area (TPSA) is 47.9 Å². The minimum atomic E-state index is -0.545. The fourth-order valence-electron chi connectivity index (χ4n) is 1.87. The van der Waals surface area contributed by atoms with E-state index < -0.39 is 12.4 Å². The fourth-order valence-corrected chi connectivity index (χ4v) is 1.87. The smallest absolute Gasteiger partial charge is 0.184 e. The van der Waals surface area contributed by atoms with E-state index in [4.69, 9.17) is 14.2 Å². The summed E-state index contributed by atoms with van der Waals surface area (Å²) in [4.78, 5) is 0. The predicted octanol–water partition coefficient (Wildman–Crippen LogP) is -0.104. The maximum Gasteiger partial charge on any atom is 0.184 e. The fraction of sp³-hybridized carbons (Fsp3) is 1.00. The molecule has 1 N–H and O–H groups in total. The molecule has 70 valence electrons. The third-order valence-electron chi connectivity index (χ3n) is 2.56. The molecule has 2 fully saturated rings. The minimum absolute atomic E-state index is 0.0107. The molecule has 5 unspecified atom stereocenters. The van der Waals surface area contributed by atoms with Gasteiger partial charge in [-0.15, -0.1) is 0 Å². The molecular formula is C8H14O4. The van der Waals surface area contributed by atoms with Crippen molar-refractivity contribution < 1.29 is 19.3 Å². The number of fused-ring (bicyclic) bond motifs is 2. The number of hydrogen-bond donors (Lipinski definition) is 1. The molecule has 2 heterocycles. The van der Waals surface area contributed by atoms with E-state index in [9.17, 15) is 5.11 Å². The van der Waals surface area contributed by atoms with Gasteiger partial charge in [-0.25, -0.2) is 0 Å². The minimum Gasteiger partial charge on any atom is -0.388 e. The van der Waals surface area contributed by atoms with Gasteiger partial charge in [-0.2, -0.15) is 0 Å². The Bertz CT molecular complexity index is 172. The van der Waals surface area contributed by atoms with E-state index in [1.165, 1.54) is 0 Å². The molecule has 4 nitrogen and oxygen atoms in total. The van der Waals surface area contributed by atoms with Crippen LogP contribution in [0.4, 0.5) is 0 Å². The second kappa shape index (κ2) is 2.96. The Morgan fingerprint density at radius 1 is 1.42 bits per heavy atom. The van der Waals surface area contributed by atoms with Crippen LogP contribution in [0.1, 0.15) is 13.3 Å². The van der Waals surface area contributed by atoms with Gasteiger partial charge >= 0.3 is 0 Å². The first-order valence-electron chi connectivity index (χ1n) is 4.24. The molecule has 0 radical (unpaired) electrons. The molecule has 0 aromatic carbocycles. The summed E-state index contributed by atoms with van der Waals surface area (Å²) in [5.74, 6) is 0. The number of ether oxygens (including phenoxy) is 3. The van der Waals surface area contributed by atoms with Crippen molar-refractivity contribution in [2.24, 2.45) is 0 Å². The molecule has 0 spiro atoms. The van der Waals surface area contributed by atoms with E-state index in [1.807, 2.05) is 6.92 Å². The van der Waals surface area contributed by atoms with Gasteiger partial charge in [-0.3, -0.25) is 0 Å². The van der Waals surface area contributed by atoms with Gasteiger partial charge < -0.3 is 19.3 Å². The first-order valence-corrected chi connectivity index (χ1v) is 4.24. The third-order valence-corrected chi connectivity index (χ3v) is 2.56. The predicted molar refractivity (Wildman–Crippen MR) is 40.6 cm³/mol. The van der Waals surface area contributed by atoms with Gasteiger partial charge in [0, 0.05) is 13.5 Å². The Balaban J connectivity index is 2.11. The van der Waals surface area contributed by atoms with E-state index in [-0.39, 0.29) is 18.3 Å². The molecule has 4 heteroatoms. The number of hydrogen-bond acceptors (Lipinski definition) is 4. The highest BCUT2D eigenvalue weighted by Crippen LogP contribution is 2.33. The summed E-state index contributed by atoms with van der Waals surface area (Å²) < 4.78 is 16.0. The highest BCUT2D eigenvalue weighted by atomic mass is 16.7. The van der Waals surface area contributed by atoms with Crippen molar-refractivity contribution in [1.29, 1.82) is 0 Å². The van der Waals surface area contributed by atoms with Crippen molar-refractivity contribution in [3.63, 3.8) is 0 Å². The first-order chi connectivity index (χ1) is 5.72. The zero-order valence-electron chi connectivity index (χ0n) is 7.27. The van der Waals surface area contributed by atoms with Crippen molar-refractivity contribution in [2.75, 3.05) is 7.11 Å². The SMILES string of the molecule is COC1CC(O)C2OC(C)C1O2. The molecule has 0 aromatic heterocycles. The maximum atomic E-state index is 9.48. The van der Waals surface area contributed by atoms with Gasteiger partial charge in [-0.1, -0.05) is 0 Å². The van der Waals surface area contributed by atoms with Crippen LogP contribution < -0.4 is 0 Å². The summed E-state index contributed by atoms with van der Waals surface area (Å²) in [5.41, 5.74) is 0. The van der Waals surface area contributed by atoms with E-state index in [1.54, 1.807) is 7.11 Å². The lowest BCUT2D eigenvalue weighted by Crippen LogP contribution is -2.43. The molecule has 0 saturated carbocycles. The summed E-state index contributed by atoms with van der Waals surface area (Å²) in [6, 6.07) is 0. The van der Waals surface area contributed by atoms with Gasteiger partial charge in [-0.05, 0) is 6.92 Å². The lowest BCUT2D eigenvalue weighted by molar-refractivity contribution is -0.186. The summed E-state index contributed by atoms with van der Waals surface area (Å²) in [7, 11) is 1.63. The quantitative estimate of drug-likeness (QED) is 0.603. The van der Waals surface area contributed by atoms with E-state index >= 15 is 0 Å². The first kappa shape index (κ1) is 8.44. The molecule has 2 saturated heterocycles. The average molecular weight is 174 g/mol. The van der Waals surface area contributed by atoms with E-state index in [0.29, 0.717) is 6.42 Å². The molecule has 5 atom stereocenters. The van der Waals surface area contributed by atoms with Gasteiger partial charge in [0.15, 0.2) is 6.29 Å². The average Bonchev–Trinajstić information content (AvgIpc) is 2.38. The normalized spacial score (nSPS) is 52.8. The lowest BCUT2D eigenvalue weighted by atomic mass is 10.0. The molecule has 2 rings (SSSR count). The van der Waals surface area contributed by atoms with Gasteiger partial charge in [0.2, 0.25) is 0 Å². The van der Waals surface area contributed by atoms with Crippen molar-refractivity contribution in [2.45, 2.75) is 44.1 Å². The van der Waals surface area contributed by atoms with Gasteiger partial charge in [0.05, 0.1) is 12.2 Å². The van der Waals surface area contributed by atoms with Crippen LogP contribution in [0.3, 0.4) is 0 Å². The highest BCUT2D eigenvalue weighted by molar-refractivity contribution is 4.90. The summed E-state index contributed by atoms with van der Waals surface area (Å²) in [6.07, 6.45) is -0.391. The largest absolute Gasteiger partial charge is 0.388 e. The van der Waals surface area contributed by atoms with E-state index in [0.717, 1.165) is 0 Å². The van der Waals surface area contributed by atoms with Crippen LogP contribution in [0.5, 0.6) is 0 Å². The Morgan fingerprint density at radius 3 is 2.83 bits per heavy atom. The third kappa shape index (κ3) is 1.15. The van der Waals surface area contributed by atoms with Crippen LogP contribution in [0.25, 0.3) is 0 Å². The molecule has 2 aliphatic heterocycles. The maximum absolute atomic E-state index is 9.48. The summed E-state index contributed by atoms with van der Waals surface area (Å²) in [6.45, 7) is 1.94. The standard InChI is InChI=1S/C8H14O4/c1-4-7-6(10-2)3-5(9)8(11-4)12-7/h4-9H,3H2,1-2H3. The van der Waals surface area contributed by atoms with Crippen LogP contribution in [-0.4, -0.2) is 42.9 Å². The Labute approximate surface area is 71.4 Å². The van der Waals surface area contributed by atoms with Crippen LogP contribution in [-0.2, 0) is 14.2 Å². The molecule has 2 aliphatic rings. The monoisotopic (exact) mass is 174 g/mol. The van der Waals surface area contributed by atoms with Crippen LogP contribution in [0.2, 0.25) is 0 Å². The van der Waals surface area contributed by atoms with Gasteiger partial charge in [0.1, 0.15) is 12.2 Å². The van der Waals surface area contributed by atoms with Crippen molar-refractivity contribution in [1.82, 2.24) is 0 Å². The van der Waals surface area contributed by atoms with Crippen molar-refractivity contribution >= 4 is 0 Å². The summed E-state index contributed by atoms with van der Waals surface area (Å²) >= 11 is 0. The van der Waals surface area contributed by atoms with Crippen molar-refractivity contribution in [3.8, 4) is 0 Å². The molecule has 0 aliphatic carbocycles. The number of aliphatic hydroxyl groups excluding tert-OH is 1. The highest BCUT2D eigenvalue weighted by Gasteiger charge is 2.47. The molecule has 0 aromatic rings. The van der Waals surface area contributed by atoms with Crippen LogP contribution in [0, 0.1) is 0 Å². The Morgan fingerprint density at radius 2 is 2.17 bits per heavy atom. The number of aliphatic hydroxyl groups is 1. The lowest BCUT2D eigenvalue weighted by Gasteiger charge is -2.30. The zero-order chi connectivity index (χ0) is 8.72.